The van der Waals surface area contributed by atoms with E-state index in [0.717, 1.165) is 18.4 Å². The highest BCUT2D eigenvalue weighted by Gasteiger charge is 2.38. The summed E-state index contributed by atoms with van der Waals surface area (Å²) in [5, 5.41) is 6.85. The van der Waals surface area contributed by atoms with Crippen LogP contribution in [0.1, 0.15) is 56.5 Å². The Morgan fingerprint density at radius 2 is 1.79 bits per heavy atom. The van der Waals surface area contributed by atoms with Gasteiger partial charge in [0.15, 0.2) is 0 Å². The number of nitrogens with one attached hydrogen (secondary N) is 2. The van der Waals surface area contributed by atoms with Crippen LogP contribution in [0.15, 0.2) is 42.6 Å². The third kappa shape index (κ3) is 5.94. The molecule has 156 valence electrons. The molecule has 1 fully saturated rings. The number of pyridine rings is 1. The van der Waals surface area contributed by atoms with Gasteiger partial charge in [0.05, 0.1) is 7.11 Å². The molecule has 0 spiro atoms. The molecular formula is C23H31N3O3. The van der Waals surface area contributed by atoms with Crippen molar-refractivity contribution in [2.45, 2.75) is 64.3 Å². The first-order valence-electron chi connectivity index (χ1n) is 9.98. The molecule has 2 aromatic rings. The molecule has 6 heteroatoms. The average Bonchev–Trinajstić information content (AvgIpc) is 2.64. The molecular weight excluding hydrogens is 366 g/mol. The second-order valence-electron chi connectivity index (χ2n) is 8.99. The van der Waals surface area contributed by atoms with Crippen LogP contribution in [0.4, 0.5) is 0 Å². The highest BCUT2D eigenvalue weighted by atomic mass is 16.5. The lowest BCUT2D eigenvalue weighted by Crippen LogP contribution is -2.62. The minimum absolute atomic E-state index is 0.00344. The third-order valence-corrected chi connectivity index (χ3v) is 5.06. The van der Waals surface area contributed by atoms with Crippen molar-refractivity contribution < 1.29 is 14.3 Å². The summed E-state index contributed by atoms with van der Waals surface area (Å²) in [7, 11) is 1.57. The van der Waals surface area contributed by atoms with E-state index >= 15 is 0 Å². The highest BCUT2D eigenvalue weighted by Crippen LogP contribution is 2.28. The second kappa shape index (κ2) is 8.41. The largest absolute Gasteiger partial charge is 0.489 e. The van der Waals surface area contributed by atoms with Gasteiger partial charge >= 0.3 is 0 Å². The molecule has 0 saturated carbocycles. The maximum atomic E-state index is 12.7. The van der Waals surface area contributed by atoms with E-state index in [4.69, 9.17) is 9.47 Å². The molecule has 0 atom stereocenters. The molecule has 1 amide bonds. The smallest absolute Gasteiger partial charge is 0.251 e. The van der Waals surface area contributed by atoms with Crippen LogP contribution in [-0.2, 0) is 6.61 Å². The number of piperidine rings is 1. The Morgan fingerprint density at radius 1 is 1.14 bits per heavy atom. The van der Waals surface area contributed by atoms with Crippen molar-refractivity contribution in [3.05, 3.63) is 53.7 Å². The molecule has 1 aromatic heterocycles. The van der Waals surface area contributed by atoms with Crippen molar-refractivity contribution in [2.75, 3.05) is 7.11 Å². The molecule has 1 aliphatic heterocycles. The number of hydrogen-bond donors (Lipinski definition) is 2. The number of ether oxygens (including phenoxy) is 2. The Balaban J connectivity index is 1.57. The molecule has 6 nitrogen and oxygen atoms in total. The fourth-order valence-electron chi connectivity index (χ4n) is 4.20. The molecule has 2 heterocycles. The molecule has 1 aromatic carbocycles. The van der Waals surface area contributed by atoms with Crippen molar-refractivity contribution >= 4 is 5.91 Å². The highest BCUT2D eigenvalue weighted by molar-refractivity contribution is 5.94. The summed E-state index contributed by atoms with van der Waals surface area (Å²) in [6.07, 6.45) is 3.46. The second-order valence-corrected chi connectivity index (χ2v) is 8.99. The quantitative estimate of drug-likeness (QED) is 0.777. The number of rotatable bonds is 6. The number of hydrogen-bond acceptors (Lipinski definition) is 5. The van der Waals surface area contributed by atoms with Gasteiger partial charge in [-0.15, -0.1) is 0 Å². The van der Waals surface area contributed by atoms with Crippen molar-refractivity contribution in [1.29, 1.82) is 0 Å². The van der Waals surface area contributed by atoms with Gasteiger partial charge in [-0.3, -0.25) is 4.79 Å². The number of benzene rings is 1. The molecule has 1 aliphatic rings. The van der Waals surface area contributed by atoms with E-state index in [1.807, 2.05) is 24.3 Å². The van der Waals surface area contributed by atoms with Crippen LogP contribution in [0.3, 0.4) is 0 Å². The summed E-state index contributed by atoms with van der Waals surface area (Å²) in [5.74, 6) is 1.17. The van der Waals surface area contributed by atoms with Gasteiger partial charge in [0.2, 0.25) is 5.88 Å². The van der Waals surface area contributed by atoms with Crippen molar-refractivity contribution in [3.8, 4) is 11.6 Å². The zero-order valence-corrected chi connectivity index (χ0v) is 17.9. The van der Waals surface area contributed by atoms with Crippen LogP contribution in [0.25, 0.3) is 0 Å². The number of methoxy groups -OCH3 is 1. The Hall–Kier alpha value is -2.60. The first kappa shape index (κ1) is 21.1. The summed E-state index contributed by atoms with van der Waals surface area (Å²) in [6.45, 7) is 9.13. The van der Waals surface area contributed by atoms with Crippen LogP contribution in [0, 0.1) is 0 Å². The lowest BCUT2D eigenvalue weighted by molar-refractivity contribution is 0.0873. The van der Waals surface area contributed by atoms with Crippen molar-refractivity contribution in [1.82, 2.24) is 15.6 Å². The van der Waals surface area contributed by atoms with E-state index in [2.05, 4.69) is 43.3 Å². The Morgan fingerprint density at radius 3 is 2.41 bits per heavy atom. The minimum atomic E-state index is -0.0326. The van der Waals surface area contributed by atoms with Crippen LogP contribution < -0.4 is 20.1 Å². The van der Waals surface area contributed by atoms with E-state index < -0.39 is 0 Å². The molecule has 0 bridgehead atoms. The molecule has 0 unspecified atom stereocenters. The fourth-order valence-corrected chi connectivity index (χ4v) is 4.20. The topological polar surface area (TPSA) is 72.5 Å². The monoisotopic (exact) mass is 397 g/mol. The summed E-state index contributed by atoms with van der Waals surface area (Å²) in [4.78, 5) is 16.8. The SMILES string of the molecule is COc1cc(OCc2ccc(C(=O)NC3CC(C)(C)NC(C)(C)C3)cc2)ccn1. The van der Waals surface area contributed by atoms with E-state index in [-0.39, 0.29) is 23.0 Å². The Bertz CT molecular complexity index is 831. The predicted octanol–water partition coefficient (Wildman–Crippen LogP) is 3.71. The maximum absolute atomic E-state index is 12.7. The van der Waals surface area contributed by atoms with Crippen LogP contribution in [0.5, 0.6) is 11.6 Å². The van der Waals surface area contributed by atoms with E-state index in [9.17, 15) is 4.79 Å². The van der Waals surface area contributed by atoms with Gasteiger partial charge in [-0.25, -0.2) is 4.98 Å². The average molecular weight is 398 g/mol. The van der Waals surface area contributed by atoms with Crippen LogP contribution in [0.2, 0.25) is 0 Å². The summed E-state index contributed by atoms with van der Waals surface area (Å²) in [6, 6.07) is 11.2. The molecule has 0 aliphatic carbocycles. The molecule has 3 rings (SSSR count). The Labute approximate surface area is 173 Å². The van der Waals surface area contributed by atoms with Gasteiger partial charge in [0.25, 0.3) is 5.91 Å². The van der Waals surface area contributed by atoms with Gasteiger partial charge in [-0.05, 0) is 64.3 Å². The van der Waals surface area contributed by atoms with Crippen molar-refractivity contribution in [2.24, 2.45) is 0 Å². The van der Waals surface area contributed by atoms with Crippen molar-refractivity contribution in [3.63, 3.8) is 0 Å². The van der Waals surface area contributed by atoms with Gasteiger partial charge in [0, 0.05) is 34.9 Å². The molecule has 0 radical (unpaired) electrons. The molecule has 29 heavy (non-hydrogen) atoms. The Kier molecular flexibility index (Phi) is 6.13. The first-order chi connectivity index (χ1) is 13.7. The zero-order chi connectivity index (χ0) is 21.1. The van der Waals surface area contributed by atoms with E-state index in [1.165, 1.54) is 0 Å². The van der Waals surface area contributed by atoms with E-state index in [1.54, 1.807) is 25.4 Å². The van der Waals surface area contributed by atoms with E-state index in [0.29, 0.717) is 23.8 Å². The minimum Gasteiger partial charge on any atom is -0.489 e. The normalized spacial score (nSPS) is 18.1. The van der Waals surface area contributed by atoms with Crippen LogP contribution >= 0.6 is 0 Å². The van der Waals surface area contributed by atoms with Crippen LogP contribution in [-0.4, -0.2) is 35.1 Å². The number of amides is 1. The molecule has 2 N–H and O–H groups in total. The molecule has 1 saturated heterocycles. The van der Waals surface area contributed by atoms with Gasteiger partial charge in [0.1, 0.15) is 12.4 Å². The van der Waals surface area contributed by atoms with Gasteiger partial charge < -0.3 is 20.1 Å². The number of carbonyl (C=O) groups excluding carboxylic acids is 1. The summed E-state index contributed by atoms with van der Waals surface area (Å²) < 4.78 is 10.9. The lowest BCUT2D eigenvalue weighted by Gasteiger charge is -2.46. The maximum Gasteiger partial charge on any atom is 0.251 e. The standard InChI is InChI=1S/C23H31N3O3/c1-22(2)13-18(14-23(3,4)26-22)25-21(27)17-8-6-16(7-9-17)15-29-19-10-11-24-20(12-19)28-5/h6-12,18,26H,13-15H2,1-5H3,(H,25,27). The first-order valence-corrected chi connectivity index (χ1v) is 9.98. The summed E-state index contributed by atoms with van der Waals surface area (Å²) >= 11 is 0. The third-order valence-electron chi connectivity index (χ3n) is 5.06. The number of nitrogens with zero attached hydrogens (tertiary/aromatic N) is 1. The van der Waals surface area contributed by atoms with Gasteiger partial charge in [-0.1, -0.05) is 12.1 Å². The number of aromatic nitrogens is 1. The lowest BCUT2D eigenvalue weighted by atomic mass is 9.79. The number of carbonyl (C=O) groups is 1. The predicted molar refractivity (Wildman–Crippen MR) is 113 cm³/mol. The fraction of sp³-hybridized carbons (Fsp3) is 0.478. The zero-order valence-electron chi connectivity index (χ0n) is 17.9. The summed E-state index contributed by atoms with van der Waals surface area (Å²) in [5.41, 5.74) is 1.64. The van der Waals surface area contributed by atoms with Gasteiger partial charge in [-0.2, -0.15) is 0 Å².